The Hall–Kier alpha value is -0.840. The van der Waals surface area contributed by atoms with E-state index in [1.165, 1.54) is 0 Å². The van der Waals surface area contributed by atoms with E-state index in [1.54, 1.807) is 24.5 Å². The second-order valence-electron chi connectivity index (χ2n) is 4.49. The topological polar surface area (TPSA) is 45.2 Å². The van der Waals surface area contributed by atoms with E-state index in [-0.39, 0.29) is 30.7 Å². The zero-order valence-corrected chi connectivity index (χ0v) is 12.7. The second-order valence-corrected chi connectivity index (χ2v) is 4.49. The van der Waals surface area contributed by atoms with Crippen molar-refractivity contribution in [3.8, 4) is 0 Å². The van der Waals surface area contributed by atoms with Crippen molar-refractivity contribution in [1.29, 1.82) is 0 Å². The van der Waals surface area contributed by atoms with Gasteiger partial charge in [0.2, 0.25) is 0 Å². The highest BCUT2D eigenvalue weighted by Crippen LogP contribution is 2.14. The Bertz CT molecular complexity index is 367. The van der Waals surface area contributed by atoms with Gasteiger partial charge in [0.15, 0.2) is 0 Å². The first-order chi connectivity index (χ1) is 8.29. The maximum atomic E-state index is 12.2. The largest absolute Gasteiger partial charge is 0.339 e. The molecule has 2 heterocycles. The lowest BCUT2D eigenvalue weighted by Gasteiger charge is -2.27. The first-order valence-electron chi connectivity index (χ1n) is 6.17. The van der Waals surface area contributed by atoms with Crippen molar-refractivity contribution >= 4 is 30.7 Å². The Morgan fingerprint density at radius 2 is 1.95 bits per heavy atom. The molecule has 19 heavy (non-hydrogen) atoms. The van der Waals surface area contributed by atoms with Gasteiger partial charge in [-0.25, -0.2) is 0 Å². The number of pyridine rings is 1. The van der Waals surface area contributed by atoms with E-state index in [9.17, 15) is 4.79 Å². The molecule has 1 N–H and O–H groups in total. The van der Waals surface area contributed by atoms with Gasteiger partial charge in [0, 0.05) is 31.0 Å². The molecule has 1 saturated heterocycles. The van der Waals surface area contributed by atoms with Crippen molar-refractivity contribution in [3.63, 3.8) is 0 Å². The number of carbonyl (C=O) groups is 1. The van der Waals surface area contributed by atoms with Gasteiger partial charge < -0.3 is 10.2 Å². The molecule has 1 aromatic heterocycles. The molecular formula is C13H21Cl2N3O. The van der Waals surface area contributed by atoms with E-state index < -0.39 is 0 Å². The fourth-order valence-corrected chi connectivity index (χ4v) is 2.25. The lowest BCUT2D eigenvalue weighted by Crippen LogP contribution is -2.37. The molecule has 1 aliphatic rings. The van der Waals surface area contributed by atoms with Crippen molar-refractivity contribution in [2.45, 2.75) is 25.3 Å². The Balaban J connectivity index is 0.00000162. The maximum Gasteiger partial charge on any atom is 0.253 e. The second kappa shape index (κ2) is 9.13. The molecule has 6 heteroatoms. The van der Waals surface area contributed by atoms with Crippen LogP contribution in [0.3, 0.4) is 0 Å². The summed E-state index contributed by atoms with van der Waals surface area (Å²) < 4.78 is 0. The molecule has 0 radical (unpaired) electrons. The highest BCUT2D eigenvalue weighted by Gasteiger charge is 2.21. The number of rotatable bonds is 2. The Kier molecular flexibility index (Phi) is 8.72. The van der Waals surface area contributed by atoms with Gasteiger partial charge in [-0.05, 0) is 44.5 Å². The molecule has 0 spiro atoms. The van der Waals surface area contributed by atoms with Crippen LogP contribution in [0.2, 0.25) is 0 Å². The van der Waals surface area contributed by atoms with Crippen molar-refractivity contribution in [2.24, 2.45) is 0 Å². The van der Waals surface area contributed by atoms with Gasteiger partial charge in [0.25, 0.3) is 5.91 Å². The molecule has 0 bridgehead atoms. The fourth-order valence-electron chi connectivity index (χ4n) is 2.25. The lowest BCUT2D eigenvalue weighted by atomic mass is 10.1. The summed E-state index contributed by atoms with van der Waals surface area (Å²) in [6.45, 7) is 2.06. The average Bonchev–Trinajstić information content (AvgIpc) is 2.67. The molecule has 108 valence electrons. The van der Waals surface area contributed by atoms with Crippen LogP contribution in [0, 0.1) is 0 Å². The smallest absolute Gasteiger partial charge is 0.253 e. The van der Waals surface area contributed by atoms with Crippen LogP contribution in [-0.4, -0.2) is 42.0 Å². The Morgan fingerprint density at radius 1 is 1.26 bits per heavy atom. The highest BCUT2D eigenvalue weighted by atomic mass is 35.5. The monoisotopic (exact) mass is 305 g/mol. The van der Waals surface area contributed by atoms with Gasteiger partial charge in [0.1, 0.15) is 0 Å². The number of amides is 1. The molecule has 1 amide bonds. The quantitative estimate of drug-likeness (QED) is 0.910. The number of nitrogens with zero attached hydrogens (tertiary/aromatic N) is 2. The molecule has 1 unspecified atom stereocenters. The minimum absolute atomic E-state index is 0. The zero-order valence-electron chi connectivity index (χ0n) is 11.0. The molecule has 1 aromatic rings. The predicted octanol–water partition coefficient (Wildman–Crippen LogP) is 2.14. The van der Waals surface area contributed by atoms with E-state index in [0.29, 0.717) is 6.04 Å². The van der Waals surface area contributed by atoms with Crippen molar-refractivity contribution in [1.82, 2.24) is 15.2 Å². The number of hydrogen-bond acceptors (Lipinski definition) is 3. The van der Waals surface area contributed by atoms with E-state index in [1.807, 2.05) is 11.9 Å². The third kappa shape index (κ3) is 4.97. The molecule has 0 aromatic carbocycles. The van der Waals surface area contributed by atoms with Crippen LogP contribution >= 0.6 is 24.8 Å². The van der Waals surface area contributed by atoms with Crippen LogP contribution in [0.25, 0.3) is 0 Å². The SMILES string of the molecule is CN(C(=O)c1ccncc1)C1CCCNCC1.Cl.Cl. The van der Waals surface area contributed by atoms with E-state index >= 15 is 0 Å². The summed E-state index contributed by atoms with van der Waals surface area (Å²) in [5, 5.41) is 3.36. The lowest BCUT2D eigenvalue weighted by molar-refractivity contribution is 0.0720. The Labute approximate surface area is 126 Å². The molecule has 1 atom stereocenters. The fraction of sp³-hybridized carbons (Fsp3) is 0.538. The molecule has 0 saturated carbocycles. The van der Waals surface area contributed by atoms with Crippen LogP contribution in [0.4, 0.5) is 0 Å². The average molecular weight is 306 g/mol. The predicted molar refractivity (Wildman–Crippen MR) is 81.3 cm³/mol. The van der Waals surface area contributed by atoms with Crippen LogP contribution in [0.1, 0.15) is 29.6 Å². The summed E-state index contributed by atoms with van der Waals surface area (Å²) in [7, 11) is 1.90. The van der Waals surface area contributed by atoms with Crippen molar-refractivity contribution in [3.05, 3.63) is 30.1 Å². The van der Waals surface area contributed by atoms with Crippen LogP contribution in [0.5, 0.6) is 0 Å². The number of halogens is 2. The number of carbonyl (C=O) groups excluding carboxylic acids is 1. The number of nitrogens with one attached hydrogen (secondary N) is 1. The van der Waals surface area contributed by atoms with Gasteiger partial charge in [0.05, 0.1) is 0 Å². The van der Waals surface area contributed by atoms with Crippen molar-refractivity contribution < 1.29 is 4.79 Å². The molecule has 0 aliphatic carbocycles. The number of hydrogen-bond donors (Lipinski definition) is 1. The van der Waals surface area contributed by atoms with Crippen LogP contribution in [-0.2, 0) is 0 Å². The Morgan fingerprint density at radius 3 is 2.63 bits per heavy atom. The molecule has 1 aliphatic heterocycles. The minimum atomic E-state index is 0. The first kappa shape index (κ1) is 18.2. The van der Waals surface area contributed by atoms with Crippen LogP contribution in [0.15, 0.2) is 24.5 Å². The zero-order chi connectivity index (χ0) is 12.1. The molecule has 1 fully saturated rings. The van der Waals surface area contributed by atoms with Gasteiger partial charge in [-0.1, -0.05) is 0 Å². The molecule has 2 rings (SSSR count). The van der Waals surface area contributed by atoms with E-state index in [0.717, 1.165) is 37.9 Å². The molecular weight excluding hydrogens is 285 g/mol. The summed E-state index contributed by atoms with van der Waals surface area (Å²) in [6, 6.07) is 3.90. The summed E-state index contributed by atoms with van der Waals surface area (Å²) in [5.74, 6) is 0.0966. The number of aromatic nitrogens is 1. The van der Waals surface area contributed by atoms with E-state index in [2.05, 4.69) is 10.3 Å². The summed E-state index contributed by atoms with van der Waals surface area (Å²) in [5.41, 5.74) is 0.722. The minimum Gasteiger partial charge on any atom is -0.339 e. The van der Waals surface area contributed by atoms with Crippen LogP contribution < -0.4 is 5.32 Å². The molecule has 4 nitrogen and oxygen atoms in total. The standard InChI is InChI=1S/C13H19N3O.2ClH/c1-16(12-3-2-7-14-10-6-12)13(17)11-4-8-15-9-5-11;;/h4-5,8-9,12,14H,2-3,6-7,10H2,1H3;2*1H. The third-order valence-corrected chi connectivity index (χ3v) is 3.34. The maximum absolute atomic E-state index is 12.2. The summed E-state index contributed by atoms with van der Waals surface area (Å²) in [6.07, 6.45) is 6.58. The summed E-state index contributed by atoms with van der Waals surface area (Å²) >= 11 is 0. The first-order valence-corrected chi connectivity index (χ1v) is 6.17. The van der Waals surface area contributed by atoms with Gasteiger partial charge in [-0.3, -0.25) is 9.78 Å². The van der Waals surface area contributed by atoms with Gasteiger partial charge in [-0.15, -0.1) is 24.8 Å². The highest BCUT2D eigenvalue weighted by molar-refractivity contribution is 5.94. The van der Waals surface area contributed by atoms with Gasteiger partial charge in [-0.2, -0.15) is 0 Å². The normalized spacial score (nSPS) is 18.5. The third-order valence-electron chi connectivity index (χ3n) is 3.34. The van der Waals surface area contributed by atoms with Gasteiger partial charge >= 0.3 is 0 Å². The van der Waals surface area contributed by atoms with Crippen molar-refractivity contribution in [2.75, 3.05) is 20.1 Å². The summed E-state index contributed by atoms with van der Waals surface area (Å²) in [4.78, 5) is 18.0. The van der Waals surface area contributed by atoms with E-state index in [4.69, 9.17) is 0 Å².